The second-order valence-corrected chi connectivity index (χ2v) is 6.62. The molecule has 0 saturated heterocycles. The minimum absolute atomic E-state index is 0.104. The largest absolute Gasteiger partial charge is 0.481 e. The van der Waals surface area contributed by atoms with Gasteiger partial charge in [0.1, 0.15) is 0 Å². The molecule has 0 aliphatic rings. The fourth-order valence-corrected chi connectivity index (χ4v) is 3.92. The second kappa shape index (κ2) is 5.82. The van der Waals surface area contributed by atoms with E-state index in [0.717, 1.165) is 5.56 Å². The van der Waals surface area contributed by atoms with Gasteiger partial charge in [0.05, 0.1) is 6.42 Å². The second-order valence-electron chi connectivity index (χ2n) is 3.59. The van der Waals surface area contributed by atoms with Crippen molar-refractivity contribution in [2.75, 3.05) is 0 Å². The van der Waals surface area contributed by atoms with Gasteiger partial charge in [-0.05, 0) is 29.8 Å². The molecule has 1 N–H and O–H groups in total. The van der Waals surface area contributed by atoms with Gasteiger partial charge in [0.25, 0.3) is 0 Å². The van der Waals surface area contributed by atoms with Crippen LogP contribution in [0.1, 0.15) is 5.56 Å². The van der Waals surface area contributed by atoms with Crippen LogP contribution in [-0.4, -0.2) is 11.1 Å². The van der Waals surface area contributed by atoms with E-state index in [4.69, 9.17) is 5.11 Å². The Kier molecular flexibility index (Phi) is 4.14. The third-order valence-electron chi connectivity index (χ3n) is 2.20. The molecule has 0 fully saturated rings. The lowest BCUT2D eigenvalue weighted by molar-refractivity contribution is -0.597. The van der Waals surface area contributed by atoms with Gasteiger partial charge in [-0.3, -0.25) is 4.79 Å². The Balaban J connectivity index is 2.14. The number of hydrogen-bond acceptors (Lipinski definition) is 1. The molecular weight excluding hydrogens is 327 g/mol. The van der Waals surface area contributed by atoms with E-state index in [9.17, 15) is 4.79 Å². The number of hydrogen-bond donors (Lipinski definition) is 1. The van der Waals surface area contributed by atoms with Crippen molar-refractivity contribution in [2.45, 2.75) is 6.42 Å². The zero-order valence-electron chi connectivity index (χ0n) is 9.14. The van der Waals surface area contributed by atoms with Crippen LogP contribution >= 0.6 is 0 Å². The highest BCUT2D eigenvalue weighted by atomic mass is 127. The molecule has 0 spiro atoms. The summed E-state index contributed by atoms with van der Waals surface area (Å²) in [4.78, 5) is 10.6. The minimum Gasteiger partial charge on any atom is -0.481 e. The van der Waals surface area contributed by atoms with Crippen LogP contribution in [0.4, 0.5) is 0 Å². The molecule has 0 aliphatic carbocycles. The van der Waals surface area contributed by atoms with Crippen LogP contribution in [-0.2, 0) is 11.2 Å². The van der Waals surface area contributed by atoms with Gasteiger partial charge in [-0.25, -0.2) is 0 Å². The number of halogens is 1. The summed E-state index contributed by atoms with van der Waals surface area (Å²) in [6.07, 6.45) is 0.104. The average Bonchev–Trinajstić information content (AvgIpc) is 2.30. The van der Waals surface area contributed by atoms with Crippen molar-refractivity contribution in [1.29, 1.82) is 0 Å². The van der Waals surface area contributed by atoms with E-state index >= 15 is 0 Å². The lowest BCUT2D eigenvalue weighted by atomic mass is 10.2. The first kappa shape index (κ1) is 12.1. The van der Waals surface area contributed by atoms with Crippen molar-refractivity contribution < 1.29 is 31.1 Å². The summed E-state index contributed by atoms with van der Waals surface area (Å²) in [5.74, 6) is -0.778. The summed E-state index contributed by atoms with van der Waals surface area (Å²) in [7, 11) is 0. The van der Waals surface area contributed by atoms with Crippen molar-refractivity contribution in [1.82, 2.24) is 0 Å². The van der Waals surface area contributed by atoms with E-state index in [-0.39, 0.29) is 27.6 Å². The van der Waals surface area contributed by atoms with Crippen molar-refractivity contribution in [2.24, 2.45) is 0 Å². The van der Waals surface area contributed by atoms with Gasteiger partial charge < -0.3 is 5.11 Å². The maximum Gasteiger partial charge on any atom is 0.357 e. The molecule has 0 bridgehead atoms. The topological polar surface area (TPSA) is 37.3 Å². The van der Waals surface area contributed by atoms with E-state index in [1.54, 1.807) is 0 Å². The third-order valence-corrected chi connectivity index (χ3v) is 4.83. The molecule has 0 atom stereocenters. The van der Waals surface area contributed by atoms with E-state index in [2.05, 4.69) is 18.2 Å². The first-order valence-corrected chi connectivity index (χ1v) is 7.40. The SMILES string of the molecule is O=C(O)Cc1cccc([I+]c2ccccc2)c1. The molecule has 17 heavy (non-hydrogen) atoms. The molecular formula is C14H12IO2+. The Bertz CT molecular complexity index is 509. The number of carboxylic acid groups (broad SMARTS) is 1. The normalized spacial score (nSPS) is 10.1. The van der Waals surface area contributed by atoms with E-state index in [0.29, 0.717) is 0 Å². The predicted octanol–water partition coefficient (Wildman–Crippen LogP) is -0.558. The highest BCUT2D eigenvalue weighted by Gasteiger charge is 2.15. The maximum atomic E-state index is 10.6. The Morgan fingerprint density at radius 1 is 1.00 bits per heavy atom. The summed E-state index contributed by atoms with van der Waals surface area (Å²) in [6, 6.07) is 18.2. The first-order valence-electron chi connectivity index (χ1n) is 5.24. The molecule has 0 amide bonds. The van der Waals surface area contributed by atoms with Gasteiger partial charge in [-0.2, -0.15) is 0 Å². The highest BCUT2D eigenvalue weighted by Crippen LogP contribution is 1.99. The van der Waals surface area contributed by atoms with Crippen LogP contribution in [0.3, 0.4) is 0 Å². The van der Waals surface area contributed by atoms with Gasteiger partial charge in [0.2, 0.25) is 0 Å². The summed E-state index contributed by atoms with van der Waals surface area (Å²) in [6.45, 7) is 0. The van der Waals surface area contributed by atoms with Gasteiger partial charge in [-0.1, -0.05) is 30.3 Å². The fourth-order valence-electron chi connectivity index (χ4n) is 1.48. The summed E-state index contributed by atoms with van der Waals surface area (Å²) < 4.78 is 2.60. The molecule has 0 aliphatic heterocycles. The predicted molar refractivity (Wildman–Crippen MR) is 61.6 cm³/mol. The minimum atomic E-state index is -0.778. The highest BCUT2D eigenvalue weighted by molar-refractivity contribution is 5.70. The van der Waals surface area contributed by atoms with Crippen LogP contribution in [0.2, 0.25) is 0 Å². The molecule has 0 heterocycles. The van der Waals surface area contributed by atoms with Crippen molar-refractivity contribution in [3.63, 3.8) is 0 Å². The molecule has 0 radical (unpaired) electrons. The Morgan fingerprint density at radius 2 is 1.71 bits per heavy atom. The monoisotopic (exact) mass is 339 g/mol. The summed E-state index contributed by atoms with van der Waals surface area (Å²) >= 11 is -0.207. The quantitative estimate of drug-likeness (QED) is 0.759. The van der Waals surface area contributed by atoms with Gasteiger partial charge >= 0.3 is 27.2 Å². The van der Waals surface area contributed by atoms with E-state index in [1.165, 1.54) is 7.14 Å². The maximum absolute atomic E-state index is 10.6. The Morgan fingerprint density at radius 3 is 2.41 bits per heavy atom. The van der Waals surface area contributed by atoms with Crippen molar-refractivity contribution in [3.8, 4) is 0 Å². The molecule has 2 rings (SSSR count). The summed E-state index contributed by atoms with van der Waals surface area (Å²) in [5, 5.41) is 8.76. The first-order chi connectivity index (χ1) is 8.24. The lowest BCUT2D eigenvalue weighted by Crippen LogP contribution is -3.61. The van der Waals surface area contributed by atoms with Crippen LogP contribution in [0.25, 0.3) is 0 Å². The number of benzene rings is 2. The molecule has 3 heteroatoms. The van der Waals surface area contributed by atoms with E-state index < -0.39 is 5.97 Å². The van der Waals surface area contributed by atoms with Crippen LogP contribution in [0.15, 0.2) is 54.6 Å². The van der Waals surface area contributed by atoms with E-state index in [1.807, 2.05) is 36.4 Å². The average molecular weight is 339 g/mol. The molecule has 2 nitrogen and oxygen atoms in total. The number of rotatable bonds is 4. The molecule has 2 aromatic carbocycles. The molecule has 86 valence electrons. The summed E-state index contributed by atoms with van der Waals surface area (Å²) in [5.41, 5.74) is 0.880. The molecule has 0 saturated carbocycles. The number of aliphatic carboxylic acids is 1. The molecule has 0 unspecified atom stereocenters. The fraction of sp³-hybridized carbons (Fsp3) is 0.0714. The number of carboxylic acids is 1. The van der Waals surface area contributed by atoms with Crippen molar-refractivity contribution in [3.05, 3.63) is 67.3 Å². The van der Waals surface area contributed by atoms with Crippen LogP contribution in [0.5, 0.6) is 0 Å². The smallest absolute Gasteiger partial charge is 0.357 e. The Labute approximate surface area is 111 Å². The van der Waals surface area contributed by atoms with Crippen molar-refractivity contribution >= 4 is 5.97 Å². The molecule has 2 aromatic rings. The van der Waals surface area contributed by atoms with Gasteiger partial charge in [0.15, 0.2) is 7.14 Å². The third kappa shape index (κ3) is 3.85. The van der Waals surface area contributed by atoms with Gasteiger partial charge in [0, 0.05) is 0 Å². The van der Waals surface area contributed by atoms with Crippen LogP contribution in [0, 0.1) is 7.14 Å². The lowest BCUT2D eigenvalue weighted by Gasteiger charge is -1.94. The van der Waals surface area contributed by atoms with Gasteiger partial charge in [-0.15, -0.1) is 0 Å². The number of carbonyl (C=O) groups is 1. The molecule has 0 aromatic heterocycles. The zero-order valence-corrected chi connectivity index (χ0v) is 11.3. The zero-order chi connectivity index (χ0) is 12.1. The van der Waals surface area contributed by atoms with Crippen LogP contribution < -0.4 is 21.2 Å². The standard InChI is InChI=1S/C14H11IO2/c16-14(17)10-11-5-4-8-13(9-11)15-12-6-2-1-3-7-12/h1-9H,10H2/p+1. The Hall–Kier alpha value is -1.36.